The van der Waals surface area contributed by atoms with Crippen molar-refractivity contribution < 1.29 is 9.47 Å². The Kier molecular flexibility index (Phi) is 8.17. The molecule has 0 radical (unpaired) electrons. The molecule has 0 amide bonds. The fraction of sp³-hybridized carbons (Fsp3) is 0.609. The first-order chi connectivity index (χ1) is 14.9. The lowest BCUT2D eigenvalue weighted by atomic mass is 10.00. The fourth-order valence-electron chi connectivity index (χ4n) is 4.02. The molecule has 2 aromatic heterocycles. The Labute approximate surface area is 184 Å². The Morgan fingerprint density at radius 3 is 2.81 bits per heavy atom. The Morgan fingerprint density at radius 1 is 1.32 bits per heavy atom. The molecular weight excluding hydrogens is 394 g/mol. The van der Waals surface area contributed by atoms with Crippen LogP contribution in [-0.2, 0) is 16.0 Å². The van der Waals surface area contributed by atoms with Gasteiger partial charge >= 0.3 is 0 Å². The van der Waals surface area contributed by atoms with Gasteiger partial charge in [-0.05, 0) is 26.8 Å². The highest BCUT2D eigenvalue weighted by Gasteiger charge is 2.20. The number of aromatic amines is 1. The molecule has 0 bridgehead atoms. The van der Waals surface area contributed by atoms with Crippen LogP contribution in [0, 0.1) is 5.92 Å². The van der Waals surface area contributed by atoms with Crippen LogP contribution in [0.15, 0.2) is 35.3 Å². The summed E-state index contributed by atoms with van der Waals surface area (Å²) in [4.78, 5) is 22.1. The molecular formula is C23H35N5O3. The average Bonchev–Trinajstić information content (AvgIpc) is 3.14. The van der Waals surface area contributed by atoms with Gasteiger partial charge in [0.1, 0.15) is 11.6 Å². The van der Waals surface area contributed by atoms with Gasteiger partial charge in [-0.25, -0.2) is 9.50 Å². The van der Waals surface area contributed by atoms with Crippen molar-refractivity contribution in [3.63, 3.8) is 0 Å². The summed E-state index contributed by atoms with van der Waals surface area (Å²) in [6, 6.07) is 0. The molecule has 0 fully saturated rings. The van der Waals surface area contributed by atoms with Crippen LogP contribution in [0.4, 0.5) is 0 Å². The van der Waals surface area contributed by atoms with Crippen molar-refractivity contribution in [2.24, 2.45) is 5.92 Å². The molecule has 0 spiro atoms. The highest BCUT2D eigenvalue weighted by Crippen LogP contribution is 2.22. The van der Waals surface area contributed by atoms with E-state index in [0.29, 0.717) is 30.4 Å². The standard InChI is InChI=1S/C23H35N5O3/c1-6-18(11-12-30-5)22-24-13-19-23(29)25-21(26-28(19)22)15-27(4)14-17(3)31-20-10-8-7-9-16(20)2/h7-10,13,16-18,20H,6,11-12,14-15H2,1-5H3,(H,25,26,29). The minimum Gasteiger partial charge on any atom is -0.385 e. The van der Waals surface area contributed by atoms with Gasteiger partial charge in [-0.15, -0.1) is 0 Å². The Hall–Kier alpha value is -2.29. The minimum atomic E-state index is -0.170. The van der Waals surface area contributed by atoms with Crippen molar-refractivity contribution in [3.05, 3.63) is 52.5 Å². The van der Waals surface area contributed by atoms with Crippen molar-refractivity contribution in [1.29, 1.82) is 0 Å². The van der Waals surface area contributed by atoms with Crippen LogP contribution in [0.25, 0.3) is 5.52 Å². The predicted octanol–water partition coefficient (Wildman–Crippen LogP) is 2.92. The second-order valence-corrected chi connectivity index (χ2v) is 8.44. The van der Waals surface area contributed by atoms with Crippen LogP contribution in [0.2, 0.25) is 0 Å². The summed E-state index contributed by atoms with van der Waals surface area (Å²) in [6.45, 7) is 8.23. The molecule has 31 heavy (non-hydrogen) atoms. The third-order valence-electron chi connectivity index (χ3n) is 5.73. The SMILES string of the molecule is CCC(CCOC)c1ncc2c(=O)[nH]c(CN(C)CC(C)OC3C=CC=CC3C)nn12. The largest absolute Gasteiger partial charge is 0.385 e. The first-order valence-electron chi connectivity index (χ1n) is 11.1. The van der Waals surface area contributed by atoms with E-state index in [1.165, 1.54) is 0 Å². The van der Waals surface area contributed by atoms with Gasteiger partial charge in [0.25, 0.3) is 5.56 Å². The van der Waals surface area contributed by atoms with Crippen LogP contribution >= 0.6 is 0 Å². The number of methoxy groups -OCH3 is 1. The Balaban J connectivity index is 1.69. The average molecular weight is 430 g/mol. The summed E-state index contributed by atoms with van der Waals surface area (Å²) in [5.74, 6) is 1.98. The van der Waals surface area contributed by atoms with Crippen LogP contribution in [0.5, 0.6) is 0 Å². The van der Waals surface area contributed by atoms with Crippen LogP contribution in [0.1, 0.15) is 51.2 Å². The van der Waals surface area contributed by atoms with Gasteiger partial charge in [0.15, 0.2) is 5.52 Å². The number of hydrogen-bond donors (Lipinski definition) is 1. The van der Waals surface area contributed by atoms with Crippen molar-refractivity contribution in [2.45, 2.75) is 58.3 Å². The summed E-state index contributed by atoms with van der Waals surface area (Å²) in [7, 11) is 3.70. The van der Waals surface area contributed by atoms with Gasteiger partial charge < -0.3 is 14.5 Å². The topological polar surface area (TPSA) is 84.8 Å². The molecule has 3 rings (SSSR count). The van der Waals surface area contributed by atoms with E-state index in [0.717, 1.165) is 25.2 Å². The number of aromatic nitrogens is 4. The highest BCUT2D eigenvalue weighted by molar-refractivity contribution is 5.42. The number of likely N-dealkylation sites (N-methyl/N-ethyl adjacent to an activating group) is 1. The van der Waals surface area contributed by atoms with Crippen LogP contribution in [0.3, 0.4) is 0 Å². The molecule has 1 N–H and O–H groups in total. The van der Waals surface area contributed by atoms with E-state index in [2.05, 4.69) is 53.9 Å². The predicted molar refractivity (Wildman–Crippen MR) is 121 cm³/mol. The summed E-state index contributed by atoms with van der Waals surface area (Å²) in [5.41, 5.74) is 0.302. The van der Waals surface area contributed by atoms with Gasteiger partial charge in [-0.1, -0.05) is 38.2 Å². The van der Waals surface area contributed by atoms with Gasteiger partial charge in [0.05, 0.1) is 24.9 Å². The lowest BCUT2D eigenvalue weighted by Gasteiger charge is -2.27. The minimum absolute atomic E-state index is 0.0476. The van der Waals surface area contributed by atoms with Gasteiger partial charge in [0.2, 0.25) is 0 Å². The smallest absolute Gasteiger partial charge is 0.276 e. The van der Waals surface area contributed by atoms with Crippen molar-refractivity contribution in [2.75, 3.05) is 27.3 Å². The molecule has 4 unspecified atom stereocenters. The number of nitrogens with one attached hydrogen (secondary N) is 1. The number of hydrogen-bond acceptors (Lipinski definition) is 6. The molecule has 0 aromatic carbocycles. The second-order valence-electron chi connectivity index (χ2n) is 8.44. The molecule has 2 aromatic rings. The van der Waals surface area contributed by atoms with Crippen molar-refractivity contribution in [3.8, 4) is 0 Å². The van der Waals surface area contributed by atoms with E-state index in [9.17, 15) is 4.79 Å². The van der Waals surface area contributed by atoms with E-state index in [-0.39, 0.29) is 23.7 Å². The zero-order valence-corrected chi connectivity index (χ0v) is 19.2. The van der Waals surface area contributed by atoms with E-state index >= 15 is 0 Å². The molecule has 0 saturated heterocycles. The third kappa shape index (κ3) is 5.90. The molecule has 0 saturated carbocycles. The molecule has 170 valence electrons. The van der Waals surface area contributed by atoms with E-state index < -0.39 is 0 Å². The monoisotopic (exact) mass is 429 g/mol. The molecule has 1 aliphatic carbocycles. The second kappa shape index (κ2) is 10.8. The summed E-state index contributed by atoms with van der Waals surface area (Å²) in [5, 5.41) is 4.70. The van der Waals surface area contributed by atoms with E-state index in [1.807, 2.05) is 13.1 Å². The number of H-pyrrole nitrogens is 1. The highest BCUT2D eigenvalue weighted by atomic mass is 16.5. The first-order valence-corrected chi connectivity index (χ1v) is 11.1. The maximum absolute atomic E-state index is 12.6. The number of ether oxygens (including phenoxy) is 2. The van der Waals surface area contributed by atoms with Gasteiger partial charge in [-0.3, -0.25) is 9.69 Å². The molecule has 1 aliphatic rings. The Bertz CT molecular complexity index is 964. The number of fused-ring (bicyclic) bond motifs is 1. The maximum Gasteiger partial charge on any atom is 0.276 e. The van der Waals surface area contributed by atoms with Gasteiger partial charge in [0, 0.05) is 32.1 Å². The quantitative estimate of drug-likeness (QED) is 0.591. The molecule has 0 aliphatic heterocycles. The first kappa shape index (κ1) is 23.4. The lowest BCUT2D eigenvalue weighted by molar-refractivity contribution is -0.00970. The maximum atomic E-state index is 12.6. The number of imidazole rings is 1. The van der Waals surface area contributed by atoms with E-state index in [4.69, 9.17) is 14.6 Å². The van der Waals surface area contributed by atoms with Crippen LogP contribution in [-0.4, -0.2) is 64.0 Å². The summed E-state index contributed by atoms with van der Waals surface area (Å²) < 4.78 is 13.1. The molecule has 2 heterocycles. The number of allylic oxidation sites excluding steroid dienone is 2. The molecule has 8 nitrogen and oxygen atoms in total. The summed E-state index contributed by atoms with van der Waals surface area (Å²) >= 11 is 0. The van der Waals surface area contributed by atoms with Crippen molar-refractivity contribution in [1.82, 2.24) is 24.5 Å². The van der Waals surface area contributed by atoms with E-state index in [1.54, 1.807) is 17.8 Å². The Morgan fingerprint density at radius 2 is 2.10 bits per heavy atom. The lowest BCUT2D eigenvalue weighted by Crippen LogP contribution is -2.34. The van der Waals surface area contributed by atoms with Gasteiger partial charge in [-0.2, -0.15) is 5.10 Å². The number of nitrogens with zero attached hydrogens (tertiary/aromatic N) is 4. The third-order valence-corrected chi connectivity index (χ3v) is 5.73. The zero-order chi connectivity index (χ0) is 22.4. The van der Waals surface area contributed by atoms with Crippen molar-refractivity contribution >= 4 is 5.52 Å². The molecule has 8 heteroatoms. The summed E-state index contributed by atoms with van der Waals surface area (Å²) in [6.07, 6.45) is 11.8. The zero-order valence-electron chi connectivity index (χ0n) is 19.2. The fourth-order valence-corrected chi connectivity index (χ4v) is 4.02. The normalized spacial score (nSPS) is 20.6. The number of rotatable bonds is 11. The molecule has 4 atom stereocenters. The van der Waals surface area contributed by atoms with Crippen LogP contribution < -0.4 is 5.56 Å².